The molecule has 88 valence electrons. The van der Waals surface area contributed by atoms with E-state index in [1.54, 1.807) is 24.0 Å². The number of rotatable bonds is 3. The number of allylic oxidation sites excluding steroid dienone is 1. The van der Waals surface area contributed by atoms with Crippen LogP contribution in [0.3, 0.4) is 0 Å². The van der Waals surface area contributed by atoms with Gasteiger partial charge >= 0.3 is 0 Å². The van der Waals surface area contributed by atoms with Gasteiger partial charge in [0, 0.05) is 11.9 Å². The van der Waals surface area contributed by atoms with Crippen LogP contribution in [0.15, 0.2) is 24.4 Å². The number of ketones is 1. The smallest absolute Gasteiger partial charge is 0.195 e. The molecule has 3 nitrogen and oxygen atoms in total. The molecule has 5 heteroatoms. The van der Waals surface area contributed by atoms with Crippen molar-refractivity contribution in [1.82, 2.24) is 9.78 Å². The second-order valence-corrected chi connectivity index (χ2v) is 5.30. The Morgan fingerprint density at radius 3 is 2.82 bits per heavy atom. The molecule has 0 amide bonds. The SMILES string of the molecule is Cc1ccc(C(=O)/C=C/c2c(Cl)cnn2C)s1. The molecule has 0 N–H and O–H groups in total. The van der Waals surface area contributed by atoms with Crippen LogP contribution in [0.1, 0.15) is 20.2 Å². The van der Waals surface area contributed by atoms with Crippen molar-refractivity contribution in [1.29, 1.82) is 0 Å². The Bertz CT molecular complexity index is 564. The van der Waals surface area contributed by atoms with E-state index in [1.807, 2.05) is 19.1 Å². The van der Waals surface area contributed by atoms with Gasteiger partial charge in [-0.2, -0.15) is 5.10 Å². The van der Waals surface area contributed by atoms with Crippen molar-refractivity contribution in [3.8, 4) is 0 Å². The fourth-order valence-electron chi connectivity index (χ4n) is 1.41. The molecule has 0 saturated carbocycles. The quantitative estimate of drug-likeness (QED) is 0.631. The number of aromatic nitrogens is 2. The summed E-state index contributed by atoms with van der Waals surface area (Å²) in [5, 5.41) is 4.54. The zero-order chi connectivity index (χ0) is 12.4. The van der Waals surface area contributed by atoms with Crippen molar-refractivity contribution in [2.75, 3.05) is 0 Å². The average molecular weight is 267 g/mol. The van der Waals surface area contributed by atoms with Crippen LogP contribution in [0.5, 0.6) is 0 Å². The summed E-state index contributed by atoms with van der Waals surface area (Å²) in [6.07, 6.45) is 4.77. The van der Waals surface area contributed by atoms with Gasteiger partial charge in [-0.15, -0.1) is 11.3 Å². The van der Waals surface area contributed by atoms with E-state index in [0.717, 1.165) is 15.4 Å². The maximum Gasteiger partial charge on any atom is 0.195 e. The average Bonchev–Trinajstić information content (AvgIpc) is 2.84. The van der Waals surface area contributed by atoms with Crippen molar-refractivity contribution < 1.29 is 4.79 Å². The van der Waals surface area contributed by atoms with Crippen LogP contribution in [0.2, 0.25) is 5.02 Å². The lowest BCUT2D eigenvalue weighted by atomic mass is 10.2. The van der Waals surface area contributed by atoms with Gasteiger partial charge in [-0.05, 0) is 31.2 Å². The Hall–Kier alpha value is -1.39. The third-order valence-electron chi connectivity index (χ3n) is 2.31. The number of carbonyl (C=O) groups excluding carboxylic acids is 1. The van der Waals surface area contributed by atoms with Crippen LogP contribution < -0.4 is 0 Å². The van der Waals surface area contributed by atoms with Gasteiger partial charge in [-0.1, -0.05) is 11.6 Å². The molecule has 2 aromatic heterocycles. The van der Waals surface area contributed by atoms with Crippen LogP contribution in [-0.2, 0) is 7.05 Å². The van der Waals surface area contributed by atoms with Crippen LogP contribution in [0, 0.1) is 6.92 Å². The van der Waals surface area contributed by atoms with Crippen LogP contribution in [-0.4, -0.2) is 15.6 Å². The minimum atomic E-state index is -0.0135. The Kier molecular flexibility index (Phi) is 3.45. The van der Waals surface area contributed by atoms with E-state index in [9.17, 15) is 4.79 Å². The highest BCUT2D eigenvalue weighted by Gasteiger charge is 2.06. The summed E-state index contributed by atoms with van der Waals surface area (Å²) >= 11 is 7.42. The van der Waals surface area contributed by atoms with E-state index < -0.39 is 0 Å². The minimum absolute atomic E-state index is 0.0135. The Morgan fingerprint density at radius 2 is 2.29 bits per heavy atom. The molecule has 0 aliphatic rings. The van der Waals surface area contributed by atoms with Gasteiger partial charge in [-0.25, -0.2) is 0 Å². The van der Waals surface area contributed by atoms with Crippen molar-refractivity contribution in [3.05, 3.63) is 44.9 Å². The van der Waals surface area contributed by atoms with Crippen molar-refractivity contribution >= 4 is 34.8 Å². The summed E-state index contributed by atoms with van der Waals surface area (Å²) in [5.41, 5.74) is 0.730. The maximum atomic E-state index is 11.8. The maximum absolute atomic E-state index is 11.8. The second kappa shape index (κ2) is 4.85. The number of aryl methyl sites for hydroxylation is 2. The van der Waals surface area contributed by atoms with Gasteiger partial charge in [0.2, 0.25) is 0 Å². The normalized spacial score (nSPS) is 11.2. The molecule has 0 fully saturated rings. The predicted octanol–water partition coefficient (Wildman–Crippen LogP) is 3.34. The highest BCUT2D eigenvalue weighted by molar-refractivity contribution is 7.14. The topological polar surface area (TPSA) is 34.9 Å². The first kappa shape index (κ1) is 12.1. The summed E-state index contributed by atoms with van der Waals surface area (Å²) in [5.74, 6) is -0.0135. The number of hydrogen-bond donors (Lipinski definition) is 0. The van der Waals surface area contributed by atoms with Gasteiger partial charge in [0.05, 0.1) is 21.8 Å². The highest BCUT2D eigenvalue weighted by atomic mass is 35.5. The second-order valence-electron chi connectivity index (χ2n) is 3.61. The number of carbonyl (C=O) groups is 1. The van der Waals surface area contributed by atoms with Crippen molar-refractivity contribution in [2.24, 2.45) is 7.05 Å². The lowest BCUT2D eigenvalue weighted by Gasteiger charge is -1.94. The predicted molar refractivity (Wildman–Crippen MR) is 70.6 cm³/mol. The summed E-state index contributed by atoms with van der Waals surface area (Å²) in [6.45, 7) is 1.98. The third-order valence-corrected chi connectivity index (χ3v) is 3.62. The lowest BCUT2D eigenvalue weighted by molar-refractivity contribution is 0.105. The number of thiophene rings is 1. The molecule has 0 aliphatic carbocycles. The molecule has 0 unspecified atom stereocenters. The summed E-state index contributed by atoms with van der Waals surface area (Å²) in [7, 11) is 1.78. The molecule has 2 heterocycles. The van der Waals surface area contributed by atoms with E-state index in [4.69, 9.17) is 11.6 Å². The fourth-order valence-corrected chi connectivity index (χ4v) is 2.43. The van der Waals surface area contributed by atoms with Crippen molar-refractivity contribution in [2.45, 2.75) is 6.92 Å². The summed E-state index contributed by atoms with van der Waals surface area (Å²) in [4.78, 5) is 13.7. The van der Waals surface area contributed by atoms with E-state index in [2.05, 4.69) is 5.10 Å². The number of hydrogen-bond acceptors (Lipinski definition) is 3. The molecule has 2 rings (SSSR count). The molecular formula is C12H11ClN2OS. The Morgan fingerprint density at radius 1 is 1.53 bits per heavy atom. The van der Waals surface area contributed by atoms with Crippen LogP contribution >= 0.6 is 22.9 Å². The van der Waals surface area contributed by atoms with Crippen LogP contribution in [0.25, 0.3) is 6.08 Å². The fraction of sp³-hybridized carbons (Fsp3) is 0.167. The van der Waals surface area contributed by atoms with E-state index in [1.165, 1.54) is 17.4 Å². The molecular weight excluding hydrogens is 256 g/mol. The molecule has 0 aromatic carbocycles. The zero-order valence-corrected chi connectivity index (χ0v) is 11.0. The van der Waals surface area contributed by atoms with E-state index in [-0.39, 0.29) is 5.78 Å². The van der Waals surface area contributed by atoms with Crippen LogP contribution in [0.4, 0.5) is 0 Å². The van der Waals surface area contributed by atoms with Gasteiger partial charge in [-0.3, -0.25) is 9.48 Å². The highest BCUT2D eigenvalue weighted by Crippen LogP contribution is 2.18. The number of halogens is 1. The first-order valence-electron chi connectivity index (χ1n) is 5.04. The molecule has 0 atom stereocenters. The minimum Gasteiger partial charge on any atom is -0.288 e. The van der Waals surface area contributed by atoms with Crippen molar-refractivity contribution in [3.63, 3.8) is 0 Å². The molecule has 17 heavy (non-hydrogen) atoms. The first-order valence-corrected chi connectivity index (χ1v) is 6.23. The zero-order valence-electron chi connectivity index (χ0n) is 9.48. The molecule has 2 aromatic rings. The van der Waals surface area contributed by atoms with Gasteiger partial charge in [0.15, 0.2) is 5.78 Å². The van der Waals surface area contributed by atoms with Gasteiger partial charge in [0.1, 0.15) is 0 Å². The summed E-state index contributed by atoms with van der Waals surface area (Å²) < 4.78 is 1.63. The monoisotopic (exact) mass is 266 g/mol. The van der Waals surface area contributed by atoms with E-state index in [0.29, 0.717) is 5.02 Å². The lowest BCUT2D eigenvalue weighted by Crippen LogP contribution is -1.94. The van der Waals surface area contributed by atoms with E-state index >= 15 is 0 Å². The molecule has 0 bridgehead atoms. The first-order chi connectivity index (χ1) is 8.08. The van der Waals surface area contributed by atoms with Gasteiger partial charge in [0.25, 0.3) is 0 Å². The molecule has 0 radical (unpaired) electrons. The molecule has 0 saturated heterocycles. The standard InChI is InChI=1S/C12H11ClN2OS/c1-8-3-6-12(17-8)11(16)5-4-10-9(13)7-14-15(10)2/h3-7H,1-2H3/b5-4+. The Balaban J connectivity index is 2.19. The Labute approximate surface area is 108 Å². The largest absolute Gasteiger partial charge is 0.288 e. The molecule has 0 aliphatic heterocycles. The molecule has 0 spiro atoms. The summed E-state index contributed by atoms with van der Waals surface area (Å²) in [6, 6.07) is 3.76. The third kappa shape index (κ3) is 2.65. The number of nitrogens with zero attached hydrogens (tertiary/aromatic N) is 2. The van der Waals surface area contributed by atoms with Gasteiger partial charge < -0.3 is 0 Å².